The highest BCUT2D eigenvalue weighted by molar-refractivity contribution is 5.67. The first-order chi connectivity index (χ1) is 7.11. The van der Waals surface area contributed by atoms with E-state index in [9.17, 15) is 4.79 Å². The number of rotatable bonds is 7. The van der Waals surface area contributed by atoms with E-state index in [1.807, 2.05) is 13.8 Å². The van der Waals surface area contributed by atoms with E-state index in [0.717, 1.165) is 0 Å². The average Bonchev–Trinajstić information content (AvgIpc) is 2.20. The molecule has 15 heavy (non-hydrogen) atoms. The summed E-state index contributed by atoms with van der Waals surface area (Å²) in [5.41, 5.74) is 5.40. The standard InChI is InChI=1S/C10H22N2O3/c1-9(2)8-15-10(13)12(5-4-11)6-7-14-3/h9H,4-8,11H2,1-3H3. The van der Waals surface area contributed by atoms with Crippen molar-refractivity contribution in [3.05, 3.63) is 0 Å². The maximum Gasteiger partial charge on any atom is 0.409 e. The molecule has 1 amide bonds. The summed E-state index contributed by atoms with van der Waals surface area (Å²) >= 11 is 0. The molecule has 0 heterocycles. The monoisotopic (exact) mass is 218 g/mol. The molecule has 0 rings (SSSR count). The van der Waals surface area contributed by atoms with Crippen LogP contribution in [0.2, 0.25) is 0 Å². The Morgan fingerprint density at radius 3 is 2.53 bits per heavy atom. The lowest BCUT2D eigenvalue weighted by molar-refractivity contribution is 0.0804. The maximum atomic E-state index is 11.5. The van der Waals surface area contributed by atoms with Crippen LogP contribution in [0.1, 0.15) is 13.8 Å². The van der Waals surface area contributed by atoms with Crippen LogP contribution in [0.3, 0.4) is 0 Å². The Hall–Kier alpha value is -0.810. The summed E-state index contributed by atoms with van der Waals surface area (Å²) in [6.45, 7) is 6.38. The summed E-state index contributed by atoms with van der Waals surface area (Å²) in [5.74, 6) is 0.344. The predicted molar refractivity (Wildman–Crippen MR) is 58.7 cm³/mol. The molecule has 90 valence electrons. The Balaban J connectivity index is 3.92. The van der Waals surface area contributed by atoms with Crippen molar-refractivity contribution in [2.24, 2.45) is 11.7 Å². The highest BCUT2D eigenvalue weighted by atomic mass is 16.6. The first-order valence-electron chi connectivity index (χ1n) is 5.22. The van der Waals surface area contributed by atoms with Gasteiger partial charge in [-0.3, -0.25) is 0 Å². The third-order valence-electron chi connectivity index (χ3n) is 1.76. The van der Waals surface area contributed by atoms with Crippen molar-refractivity contribution in [2.45, 2.75) is 13.8 Å². The summed E-state index contributed by atoms with van der Waals surface area (Å²) in [6, 6.07) is 0. The minimum Gasteiger partial charge on any atom is -0.449 e. The lowest BCUT2D eigenvalue weighted by atomic mass is 10.2. The Morgan fingerprint density at radius 2 is 2.07 bits per heavy atom. The fourth-order valence-electron chi connectivity index (χ4n) is 0.981. The Labute approximate surface area is 91.5 Å². The third-order valence-corrected chi connectivity index (χ3v) is 1.76. The van der Waals surface area contributed by atoms with Crippen molar-refractivity contribution < 1.29 is 14.3 Å². The van der Waals surface area contributed by atoms with Gasteiger partial charge in [0.25, 0.3) is 0 Å². The van der Waals surface area contributed by atoms with Gasteiger partial charge in [-0.1, -0.05) is 13.8 Å². The number of carbonyl (C=O) groups excluding carboxylic acids is 1. The van der Waals surface area contributed by atoms with Crippen molar-refractivity contribution in [1.29, 1.82) is 0 Å². The summed E-state index contributed by atoms with van der Waals surface area (Å²) < 4.78 is 10.00. The average molecular weight is 218 g/mol. The Bertz CT molecular complexity index is 174. The van der Waals surface area contributed by atoms with E-state index in [1.165, 1.54) is 0 Å². The highest BCUT2D eigenvalue weighted by Gasteiger charge is 2.13. The molecule has 0 fully saturated rings. The van der Waals surface area contributed by atoms with Gasteiger partial charge in [0.05, 0.1) is 13.2 Å². The van der Waals surface area contributed by atoms with Gasteiger partial charge in [0.2, 0.25) is 0 Å². The SMILES string of the molecule is COCCN(CCN)C(=O)OCC(C)C. The van der Waals surface area contributed by atoms with Gasteiger partial charge in [-0.25, -0.2) is 4.79 Å². The van der Waals surface area contributed by atoms with Crippen LogP contribution < -0.4 is 5.73 Å². The van der Waals surface area contributed by atoms with Gasteiger partial charge in [0.1, 0.15) is 0 Å². The molecule has 0 aliphatic carbocycles. The number of methoxy groups -OCH3 is 1. The van der Waals surface area contributed by atoms with Gasteiger partial charge in [-0.15, -0.1) is 0 Å². The fraction of sp³-hybridized carbons (Fsp3) is 0.900. The molecule has 0 aromatic heterocycles. The zero-order chi connectivity index (χ0) is 11.7. The summed E-state index contributed by atoms with van der Waals surface area (Å²) in [6.07, 6.45) is -0.314. The molecule has 0 aliphatic rings. The van der Waals surface area contributed by atoms with Gasteiger partial charge in [0, 0.05) is 26.7 Å². The third kappa shape index (κ3) is 7.16. The van der Waals surface area contributed by atoms with Crippen LogP contribution in [0.4, 0.5) is 4.79 Å². The lowest BCUT2D eigenvalue weighted by Gasteiger charge is -2.21. The zero-order valence-corrected chi connectivity index (χ0v) is 9.86. The molecule has 5 heteroatoms. The minimum absolute atomic E-state index is 0.314. The van der Waals surface area contributed by atoms with Gasteiger partial charge in [0.15, 0.2) is 0 Å². The molecule has 0 radical (unpaired) electrons. The predicted octanol–water partition coefficient (Wildman–Crippen LogP) is 0.686. The van der Waals surface area contributed by atoms with Crippen LogP contribution in [0.5, 0.6) is 0 Å². The minimum atomic E-state index is -0.314. The molecular weight excluding hydrogens is 196 g/mol. The number of carbonyl (C=O) groups is 1. The quantitative estimate of drug-likeness (QED) is 0.682. The molecule has 0 atom stereocenters. The molecule has 2 N–H and O–H groups in total. The number of ether oxygens (including phenoxy) is 2. The molecule has 0 aromatic rings. The first-order valence-corrected chi connectivity index (χ1v) is 5.22. The van der Waals surface area contributed by atoms with Crippen molar-refractivity contribution >= 4 is 6.09 Å². The van der Waals surface area contributed by atoms with E-state index in [0.29, 0.717) is 38.8 Å². The van der Waals surface area contributed by atoms with E-state index < -0.39 is 0 Å². The second kappa shape index (κ2) is 8.49. The van der Waals surface area contributed by atoms with E-state index in [2.05, 4.69) is 0 Å². The molecule has 0 bridgehead atoms. The van der Waals surface area contributed by atoms with Gasteiger partial charge >= 0.3 is 6.09 Å². The first kappa shape index (κ1) is 14.2. The van der Waals surface area contributed by atoms with Crippen LogP contribution in [0, 0.1) is 5.92 Å². The van der Waals surface area contributed by atoms with Gasteiger partial charge < -0.3 is 20.1 Å². The zero-order valence-electron chi connectivity index (χ0n) is 9.86. The van der Waals surface area contributed by atoms with E-state index in [4.69, 9.17) is 15.2 Å². The molecule has 0 aromatic carbocycles. The second-order valence-corrected chi connectivity index (χ2v) is 3.74. The van der Waals surface area contributed by atoms with Crippen molar-refractivity contribution in [3.8, 4) is 0 Å². The van der Waals surface area contributed by atoms with Crippen LogP contribution in [-0.4, -0.2) is 51.0 Å². The Kier molecular flexibility index (Phi) is 8.04. The largest absolute Gasteiger partial charge is 0.449 e. The molecule has 5 nitrogen and oxygen atoms in total. The van der Waals surface area contributed by atoms with Gasteiger partial charge in [-0.2, -0.15) is 0 Å². The lowest BCUT2D eigenvalue weighted by Crippen LogP contribution is -2.38. The van der Waals surface area contributed by atoms with E-state index in [1.54, 1.807) is 12.0 Å². The number of nitrogens with zero attached hydrogens (tertiary/aromatic N) is 1. The topological polar surface area (TPSA) is 64.8 Å². The smallest absolute Gasteiger partial charge is 0.409 e. The molecular formula is C10H22N2O3. The number of nitrogens with two attached hydrogens (primary N) is 1. The number of amides is 1. The van der Waals surface area contributed by atoms with Crippen molar-refractivity contribution in [1.82, 2.24) is 4.90 Å². The van der Waals surface area contributed by atoms with E-state index >= 15 is 0 Å². The molecule has 0 saturated heterocycles. The van der Waals surface area contributed by atoms with E-state index in [-0.39, 0.29) is 6.09 Å². The number of hydrogen-bond donors (Lipinski definition) is 1. The van der Waals surface area contributed by atoms with Crippen molar-refractivity contribution in [3.63, 3.8) is 0 Å². The molecule has 0 unspecified atom stereocenters. The van der Waals surface area contributed by atoms with Crippen LogP contribution in [0.25, 0.3) is 0 Å². The van der Waals surface area contributed by atoms with Gasteiger partial charge in [-0.05, 0) is 5.92 Å². The summed E-state index contributed by atoms with van der Waals surface area (Å²) in [5, 5.41) is 0. The van der Waals surface area contributed by atoms with Crippen LogP contribution in [0.15, 0.2) is 0 Å². The van der Waals surface area contributed by atoms with Crippen LogP contribution in [-0.2, 0) is 9.47 Å². The summed E-state index contributed by atoms with van der Waals surface area (Å²) in [4.78, 5) is 13.1. The molecule has 0 spiro atoms. The molecule has 0 aliphatic heterocycles. The fourth-order valence-corrected chi connectivity index (χ4v) is 0.981. The van der Waals surface area contributed by atoms with Crippen LogP contribution >= 0.6 is 0 Å². The second-order valence-electron chi connectivity index (χ2n) is 3.74. The molecule has 0 saturated carbocycles. The summed E-state index contributed by atoms with van der Waals surface area (Å²) in [7, 11) is 1.60. The Morgan fingerprint density at radius 1 is 1.40 bits per heavy atom. The maximum absolute atomic E-state index is 11.5. The van der Waals surface area contributed by atoms with Crippen molar-refractivity contribution in [2.75, 3.05) is 40.0 Å². The highest BCUT2D eigenvalue weighted by Crippen LogP contribution is 1.98. The normalized spacial score (nSPS) is 10.5. The number of hydrogen-bond acceptors (Lipinski definition) is 4.